The average Bonchev–Trinajstić information content (AvgIpc) is 2.21. The lowest BCUT2D eigenvalue weighted by Gasteiger charge is -2.22. The van der Waals surface area contributed by atoms with Crippen molar-refractivity contribution < 1.29 is 5.11 Å². The highest BCUT2D eigenvalue weighted by atomic mass is 35.5. The van der Waals surface area contributed by atoms with E-state index in [1.807, 2.05) is 18.0 Å². The van der Waals surface area contributed by atoms with Crippen LogP contribution in [0.25, 0.3) is 0 Å². The minimum absolute atomic E-state index is 0.0360. The summed E-state index contributed by atoms with van der Waals surface area (Å²) in [6, 6.07) is 5.11. The van der Waals surface area contributed by atoms with Crippen LogP contribution in [-0.2, 0) is 0 Å². The molecular weight excluding hydrogens is 235 g/mol. The second kappa shape index (κ2) is 5.56. The van der Waals surface area contributed by atoms with E-state index in [1.165, 1.54) is 0 Å². The van der Waals surface area contributed by atoms with E-state index in [0.717, 1.165) is 5.69 Å². The third kappa shape index (κ3) is 3.54. The quantitative estimate of drug-likeness (QED) is 0.854. The summed E-state index contributed by atoms with van der Waals surface area (Å²) in [6.45, 7) is 0.528. The maximum Gasteiger partial charge on any atom is 0.0612 e. The number of rotatable bonds is 4. The minimum Gasteiger partial charge on any atom is -0.395 e. The zero-order valence-electron chi connectivity index (χ0n) is 8.45. The molecule has 0 spiro atoms. The van der Waals surface area contributed by atoms with Gasteiger partial charge in [-0.15, -0.1) is 0 Å². The first kappa shape index (κ1) is 12.6. The standard InChI is InChI=1S/C10H14Cl2N2O/c1-14(5-7(13)6-15)8-2-3-9(11)10(12)4-8/h2-4,7,15H,5-6,13H2,1H3. The van der Waals surface area contributed by atoms with Gasteiger partial charge < -0.3 is 15.7 Å². The largest absolute Gasteiger partial charge is 0.395 e. The van der Waals surface area contributed by atoms with E-state index in [1.54, 1.807) is 12.1 Å². The average molecular weight is 249 g/mol. The summed E-state index contributed by atoms with van der Waals surface area (Å²) in [4.78, 5) is 1.92. The van der Waals surface area contributed by atoms with Crippen LogP contribution < -0.4 is 10.6 Å². The number of likely N-dealkylation sites (N-methyl/N-ethyl adjacent to an activating group) is 1. The molecule has 1 aromatic rings. The van der Waals surface area contributed by atoms with Gasteiger partial charge in [-0.1, -0.05) is 23.2 Å². The van der Waals surface area contributed by atoms with Crippen LogP contribution in [0.1, 0.15) is 0 Å². The Morgan fingerprint density at radius 1 is 1.40 bits per heavy atom. The molecule has 3 nitrogen and oxygen atoms in total. The number of halogens is 2. The highest BCUT2D eigenvalue weighted by Crippen LogP contribution is 2.26. The third-order valence-corrected chi connectivity index (χ3v) is 2.83. The third-order valence-electron chi connectivity index (χ3n) is 2.09. The minimum atomic E-state index is -0.260. The van der Waals surface area contributed by atoms with E-state index in [4.69, 9.17) is 34.0 Å². The number of benzene rings is 1. The van der Waals surface area contributed by atoms with Crippen LogP contribution in [0.3, 0.4) is 0 Å². The molecule has 0 fully saturated rings. The van der Waals surface area contributed by atoms with Crippen LogP contribution in [-0.4, -0.2) is 31.3 Å². The predicted molar refractivity (Wildman–Crippen MR) is 64.8 cm³/mol. The van der Waals surface area contributed by atoms with Gasteiger partial charge in [0.05, 0.1) is 16.7 Å². The highest BCUT2D eigenvalue weighted by Gasteiger charge is 2.07. The van der Waals surface area contributed by atoms with Gasteiger partial charge in [0, 0.05) is 25.3 Å². The van der Waals surface area contributed by atoms with Gasteiger partial charge in [0.2, 0.25) is 0 Å². The first-order chi connectivity index (χ1) is 7.04. The number of nitrogens with two attached hydrogens (primary N) is 1. The lowest BCUT2D eigenvalue weighted by Crippen LogP contribution is -2.37. The monoisotopic (exact) mass is 248 g/mol. The smallest absolute Gasteiger partial charge is 0.0612 e. The molecule has 1 rings (SSSR count). The molecule has 0 heterocycles. The van der Waals surface area contributed by atoms with Crippen molar-refractivity contribution in [2.45, 2.75) is 6.04 Å². The Kier molecular flexibility index (Phi) is 4.67. The van der Waals surface area contributed by atoms with Crippen molar-refractivity contribution in [3.63, 3.8) is 0 Å². The van der Waals surface area contributed by atoms with Crippen molar-refractivity contribution in [3.05, 3.63) is 28.2 Å². The summed E-state index contributed by atoms with van der Waals surface area (Å²) < 4.78 is 0. The van der Waals surface area contributed by atoms with Gasteiger partial charge in [-0.2, -0.15) is 0 Å². The first-order valence-corrected chi connectivity index (χ1v) is 5.33. The second-order valence-electron chi connectivity index (χ2n) is 3.42. The van der Waals surface area contributed by atoms with E-state index >= 15 is 0 Å². The molecule has 5 heteroatoms. The van der Waals surface area contributed by atoms with Crippen molar-refractivity contribution in [2.75, 3.05) is 25.1 Å². The van der Waals surface area contributed by atoms with E-state index in [-0.39, 0.29) is 12.6 Å². The molecule has 0 aromatic heterocycles. The molecule has 0 radical (unpaired) electrons. The summed E-state index contributed by atoms with van der Waals surface area (Å²) in [7, 11) is 1.88. The van der Waals surface area contributed by atoms with Crippen molar-refractivity contribution in [1.29, 1.82) is 0 Å². The van der Waals surface area contributed by atoms with Crippen molar-refractivity contribution >= 4 is 28.9 Å². The molecule has 1 atom stereocenters. The summed E-state index contributed by atoms with van der Waals surface area (Å²) >= 11 is 11.7. The Morgan fingerprint density at radius 2 is 2.07 bits per heavy atom. The van der Waals surface area contributed by atoms with Crippen molar-refractivity contribution in [2.24, 2.45) is 5.73 Å². The zero-order valence-corrected chi connectivity index (χ0v) is 9.96. The molecule has 1 aromatic carbocycles. The Labute approximate surface area is 99.4 Å². The molecule has 84 valence electrons. The van der Waals surface area contributed by atoms with Gasteiger partial charge in [0.15, 0.2) is 0 Å². The fourth-order valence-electron chi connectivity index (χ4n) is 1.24. The summed E-state index contributed by atoms with van der Waals surface area (Å²) in [6.07, 6.45) is 0. The molecule has 0 aliphatic carbocycles. The second-order valence-corrected chi connectivity index (χ2v) is 4.24. The van der Waals surface area contributed by atoms with E-state index in [0.29, 0.717) is 16.6 Å². The zero-order chi connectivity index (χ0) is 11.4. The van der Waals surface area contributed by atoms with Gasteiger partial charge >= 0.3 is 0 Å². The molecule has 1 unspecified atom stereocenters. The molecule has 0 aliphatic heterocycles. The highest BCUT2D eigenvalue weighted by molar-refractivity contribution is 6.42. The van der Waals surface area contributed by atoms with Crippen LogP contribution in [0.2, 0.25) is 10.0 Å². The number of hydrogen-bond acceptors (Lipinski definition) is 3. The van der Waals surface area contributed by atoms with Crippen LogP contribution in [0.15, 0.2) is 18.2 Å². The fraction of sp³-hybridized carbons (Fsp3) is 0.400. The summed E-state index contributed by atoms with van der Waals surface area (Å²) in [5.41, 5.74) is 6.55. The normalized spacial score (nSPS) is 12.6. The van der Waals surface area contributed by atoms with Crippen molar-refractivity contribution in [3.8, 4) is 0 Å². The van der Waals surface area contributed by atoms with Gasteiger partial charge in [-0.25, -0.2) is 0 Å². The van der Waals surface area contributed by atoms with E-state index in [9.17, 15) is 0 Å². The fourth-order valence-corrected chi connectivity index (χ4v) is 1.53. The van der Waals surface area contributed by atoms with Crippen LogP contribution >= 0.6 is 23.2 Å². The summed E-state index contributed by atoms with van der Waals surface area (Å²) in [5, 5.41) is 9.87. The molecule has 0 aliphatic rings. The lowest BCUT2D eigenvalue weighted by molar-refractivity contribution is 0.267. The molecular formula is C10H14Cl2N2O. The Bertz CT molecular complexity index is 333. The Hall–Kier alpha value is -0.480. The molecule has 0 bridgehead atoms. The Balaban J connectivity index is 2.73. The van der Waals surface area contributed by atoms with E-state index in [2.05, 4.69) is 0 Å². The lowest BCUT2D eigenvalue weighted by atomic mass is 10.2. The number of nitrogens with zero attached hydrogens (tertiary/aromatic N) is 1. The summed E-state index contributed by atoms with van der Waals surface area (Å²) in [5.74, 6) is 0. The predicted octanol–water partition coefficient (Wildman–Crippen LogP) is 1.75. The van der Waals surface area contributed by atoms with Crippen LogP contribution in [0, 0.1) is 0 Å². The van der Waals surface area contributed by atoms with Gasteiger partial charge in [0.1, 0.15) is 0 Å². The Morgan fingerprint density at radius 3 is 2.60 bits per heavy atom. The van der Waals surface area contributed by atoms with Crippen LogP contribution in [0.4, 0.5) is 5.69 Å². The molecule has 3 N–H and O–H groups in total. The maximum absolute atomic E-state index is 8.83. The molecule has 0 amide bonds. The molecule has 0 saturated heterocycles. The molecule has 15 heavy (non-hydrogen) atoms. The van der Waals surface area contributed by atoms with Gasteiger partial charge in [0.25, 0.3) is 0 Å². The number of aliphatic hydroxyl groups is 1. The maximum atomic E-state index is 8.83. The SMILES string of the molecule is CN(CC(N)CO)c1ccc(Cl)c(Cl)c1. The first-order valence-electron chi connectivity index (χ1n) is 4.57. The van der Waals surface area contributed by atoms with Crippen molar-refractivity contribution in [1.82, 2.24) is 0 Å². The number of hydrogen-bond donors (Lipinski definition) is 2. The van der Waals surface area contributed by atoms with Gasteiger partial charge in [-0.05, 0) is 18.2 Å². The van der Waals surface area contributed by atoms with E-state index < -0.39 is 0 Å². The van der Waals surface area contributed by atoms with Gasteiger partial charge in [-0.3, -0.25) is 0 Å². The number of aliphatic hydroxyl groups excluding tert-OH is 1. The number of anilines is 1. The topological polar surface area (TPSA) is 49.5 Å². The molecule has 0 saturated carbocycles. The van der Waals surface area contributed by atoms with Crippen LogP contribution in [0.5, 0.6) is 0 Å².